The van der Waals surface area contributed by atoms with E-state index >= 15 is 0 Å². The highest BCUT2D eigenvalue weighted by Gasteiger charge is 2.31. The average Bonchev–Trinajstić information content (AvgIpc) is 3.51. The number of fused-ring (bicyclic) bond motifs is 1. The van der Waals surface area contributed by atoms with Gasteiger partial charge in [0.15, 0.2) is 0 Å². The number of piperidine rings is 1. The SMILES string of the molecule is O=C(NCc1ccc(S(=O)(=O)N2CCC(Nc3ccc4c(c3)CS([O-])(O)C4)CC2)s1)c1cccc([N+](=O)O)c1. The van der Waals surface area contributed by atoms with Gasteiger partial charge in [-0.1, -0.05) is 12.1 Å². The largest absolute Gasteiger partial charge is 0.767 e. The quantitative estimate of drug-likeness (QED) is 0.283. The summed E-state index contributed by atoms with van der Waals surface area (Å²) in [5, 5.41) is 15.2. The van der Waals surface area contributed by atoms with Crippen LogP contribution in [-0.4, -0.2) is 57.0 Å². The minimum atomic E-state index is -3.68. The molecule has 4 N–H and O–H groups in total. The van der Waals surface area contributed by atoms with Gasteiger partial charge in [0.05, 0.1) is 11.5 Å². The fourth-order valence-electron chi connectivity index (χ4n) is 4.76. The van der Waals surface area contributed by atoms with Crippen LogP contribution >= 0.6 is 21.9 Å². The van der Waals surface area contributed by atoms with Crippen molar-refractivity contribution in [1.82, 2.24) is 9.62 Å². The smallest absolute Gasteiger partial charge is 0.317 e. The number of carbonyl (C=O) groups is 1. The Bertz CT molecular complexity index is 1520. The van der Waals surface area contributed by atoms with E-state index in [4.69, 9.17) is 5.21 Å². The van der Waals surface area contributed by atoms with Gasteiger partial charge >= 0.3 is 5.69 Å². The molecule has 0 bridgehead atoms. The lowest BCUT2D eigenvalue weighted by atomic mass is 10.0. The molecule has 1 unspecified atom stereocenters. The van der Waals surface area contributed by atoms with Crippen molar-refractivity contribution < 1.29 is 32.4 Å². The number of carbonyl (C=O) groups excluding carboxylic acids is 1. The number of nitrogens with zero attached hydrogens (tertiary/aromatic N) is 2. The van der Waals surface area contributed by atoms with Gasteiger partial charge in [0, 0.05) is 58.9 Å². The molecule has 2 aliphatic rings. The standard InChI is InChI=1S/C25H28N4O7S3/c30-25(17-2-1-3-22(13-17)29(31)32)26-14-23-6-7-24(37-23)39(35,36)28-10-8-20(9-11-28)27-21-5-4-18-15-38(33,34)16-19(18)12-21/h1-7,12-13,20,27H,8-11,14-16H2,(H3-,26,30,31,32,33,34). The Morgan fingerprint density at radius 1 is 1.10 bits per heavy atom. The molecule has 208 valence electrons. The topological polar surface area (TPSA) is 162 Å². The molecule has 0 aliphatic carbocycles. The van der Waals surface area contributed by atoms with E-state index in [1.54, 1.807) is 6.07 Å². The first kappa shape index (κ1) is 27.6. The molecule has 1 aromatic heterocycles. The van der Waals surface area contributed by atoms with E-state index in [0.29, 0.717) is 30.8 Å². The molecule has 1 atom stereocenters. The minimum absolute atomic E-state index is 0.0729. The van der Waals surface area contributed by atoms with Gasteiger partial charge in [-0.3, -0.25) is 4.79 Å². The molecular formula is C25H28N4O7S3. The third kappa shape index (κ3) is 6.26. The van der Waals surface area contributed by atoms with Crippen LogP contribution in [0.1, 0.15) is 39.2 Å². The summed E-state index contributed by atoms with van der Waals surface area (Å²) in [6.07, 6.45) is 1.24. The van der Waals surface area contributed by atoms with Crippen LogP contribution < -0.4 is 10.6 Å². The van der Waals surface area contributed by atoms with Crippen LogP contribution in [0.2, 0.25) is 0 Å². The van der Waals surface area contributed by atoms with Gasteiger partial charge in [-0.25, -0.2) is 13.6 Å². The summed E-state index contributed by atoms with van der Waals surface area (Å²) in [5.41, 5.74) is 2.76. The van der Waals surface area contributed by atoms with E-state index in [9.17, 15) is 27.2 Å². The number of sulfonamides is 1. The monoisotopic (exact) mass is 592 g/mol. The summed E-state index contributed by atoms with van der Waals surface area (Å²) in [7, 11) is -6.50. The summed E-state index contributed by atoms with van der Waals surface area (Å²) >= 11 is 1.09. The van der Waals surface area contributed by atoms with Crippen molar-refractivity contribution in [3.63, 3.8) is 0 Å². The lowest BCUT2D eigenvalue weighted by Gasteiger charge is -2.40. The molecule has 11 nitrogen and oxygen atoms in total. The number of thiophene rings is 1. The van der Waals surface area contributed by atoms with Crippen LogP contribution in [0.5, 0.6) is 0 Å². The van der Waals surface area contributed by atoms with E-state index in [1.807, 2.05) is 18.2 Å². The third-order valence-corrected chi connectivity index (χ3v) is 11.8. The van der Waals surface area contributed by atoms with E-state index in [-0.39, 0.29) is 44.5 Å². The second-order valence-electron chi connectivity index (χ2n) is 9.59. The Balaban J connectivity index is 1.14. The highest BCUT2D eigenvalue weighted by Crippen LogP contribution is 2.52. The number of nitrogens with one attached hydrogen (secondary N) is 2. The Morgan fingerprint density at radius 2 is 1.85 bits per heavy atom. The molecule has 39 heavy (non-hydrogen) atoms. The van der Waals surface area contributed by atoms with Crippen molar-refractivity contribution >= 4 is 49.2 Å². The molecule has 5 rings (SSSR count). The summed E-state index contributed by atoms with van der Waals surface area (Å²) in [6.45, 7) is 0.829. The van der Waals surface area contributed by atoms with Crippen LogP contribution in [0.15, 0.2) is 58.8 Å². The zero-order valence-electron chi connectivity index (χ0n) is 20.8. The van der Waals surface area contributed by atoms with Crippen LogP contribution in [-0.2, 0) is 28.1 Å². The third-order valence-electron chi connectivity index (χ3n) is 6.78. The average molecular weight is 593 g/mol. The maximum atomic E-state index is 13.2. The van der Waals surface area contributed by atoms with Crippen LogP contribution in [0.3, 0.4) is 0 Å². The zero-order chi connectivity index (χ0) is 27.8. The number of amides is 1. The number of rotatable bonds is 8. The molecular weight excluding hydrogens is 564 g/mol. The van der Waals surface area contributed by atoms with Crippen molar-refractivity contribution in [3.05, 3.63) is 81.1 Å². The second kappa shape index (κ2) is 10.9. The van der Waals surface area contributed by atoms with E-state index in [1.165, 1.54) is 34.6 Å². The van der Waals surface area contributed by atoms with Crippen molar-refractivity contribution in [2.24, 2.45) is 0 Å². The van der Waals surface area contributed by atoms with Crippen molar-refractivity contribution in [1.29, 1.82) is 0 Å². The fourth-order valence-corrected chi connectivity index (χ4v) is 9.30. The molecule has 1 amide bonds. The van der Waals surface area contributed by atoms with Gasteiger partial charge < -0.3 is 30.3 Å². The molecule has 0 saturated carbocycles. The van der Waals surface area contributed by atoms with Crippen molar-refractivity contribution in [3.8, 4) is 0 Å². The van der Waals surface area contributed by atoms with E-state index < -0.39 is 26.5 Å². The normalized spacial score (nSPS) is 21.6. The molecule has 0 radical (unpaired) electrons. The summed E-state index contributed by atoms with van der Waals surface area (Å²) in [4.78, 5) is 23.8. The summed E-state index contributed by atoms with van der Waals surface area (Å²) in [6, 6.07) is 14.6. The first-order valence-electron chi connectivity index (χ1n) is 12.2. The molecule has 3 heterocycles. The summed E-state index contributed by atoms with van der Waals surface area (Å²) < 4.78 is 50.0. The molecule has 1 saturated heterocycles. The van der Waals surface area contributed by atoms with Gasteiger partial charge in [0.2, 0.25) is 0 Å². The van der Waals surface area contributed by atoms with Crippen LogP contribution in [0, 0.1) is 4.91 Å². The molecule has 1 fully saturated rings. The van der Waals surface area contributed by atoms with Gasteiger partial charge in [0.1, 0.15) is 4.21 Å². The number of anilines is 1. The lowest BCUT2D eigenvalue weighted by Crippen LogP contribution is -2.42. The number of benzene rings is 2. The molecule has 2 aromatic carbocycles. The first-order chi connectivity index (χ1) is 18.5. The molecule has 14 heteroatoms. The Morgan fingerprint density at radius 3 is 2.59 bits per heavy atom. The van der Waals surface area contributed by atoms with E-state index in [0.717, 1.165) is 28.2 Å². The van der Waals surface area contributed by atoms with Crippen molar-refractivity contribution in [2.75, 3.05) is 18.4 Å². The van der Waals surface area contributed by atoms with Crippen molar-refractivity contribution in [2.45, 2.75) is 41.1 Å². The van der Waals surface area contributed by atoms with Gasteiger partial charge in [-0.15, -0.1) is 11.3 Å². The lowest BCUT2D eigenvalue weighted by molar-refractivity contribution is -0.729. The maximum absolute atomic E-state index is 13.2. The Hall–Kier alpha value is -3.01. The second-order valence-corrected chi connectivity index (χ2v) is 15.0. The molecule has 2 aliphatic heterocycles. The predicted octanol–water partition coefficient (Wildman–Crippen LogP) is 4.16. The maximum Gasteiger partial charge on any atom is 0.317 e. The molecule has 0 spiro atoms. The predicted molar refractivity (Wildman–Crippen MR) is 147 cm³/mol. The van der Waals surface area contributed by atoms with E-state index in [2.05, 4.69) is 10.6 Å². The number of hydrogen-bond acceptors (Lipinski definition) is 8. The van der Waals surface area contributed by atoms with Crippen LogP contribution in [0.4, 0.5) is 11.4 Å². The van der Waals surface area contributed by atoms with Gasteiger partial charge in [-0.2, -0.15) is 4.31 Å². The van der Waals surface area contributed by atoms with Gasteiger partial charge in [0.25, 0.3) is 20.9 Å². The highest BCUT2D eigenvalue weighted by molar-refractivity contribution is 8.23. The van der Waals surface area contributed by atoms with Gasteiger partial charge in [-0.05, 0) is 54.3 Å². The van der Waals surface area contributed by atoms with Crippen LogP contribution in [0.25, 0.3) is 0 Å². The Kier molecular flexibility index (Phi) is 7.68. The fraction of sp³-hybridized carbons (Fsp3) is 0.320. The first-order valence-corrected chi connectivity index (χ1v) is 16.3. The molecule has 3 aromatic rings. The Labute approximate surface area is 231 Å². The zero-order valence-corrected chi connectivity index (χ0v) is 23.2. The summed E-state index contributed by atoms with van der Waals surface area (Å²) in [5.74, 6) is -0.104. The minimum Gasteiger partial charge on any atom is -0.767 e. The highest BCUT2D eigenvalue weighted by atomic mass is 32.3. The number of hydrogen-bond donors (Lipinski definition) is 4.